The Morgan fingerprint density at radius 1 is 0.850 bits per heavy atom. The number of halogens is 1. The highest BCUT2D eigenvalue weighted by Crippen LogP contribution is 2.33. The van der Waals surface area contributed by atoms with Gasteiger partial charge in [0.05, 0.1) is 0 Å². The number of hydrogen-bond donors (Lipinski definition) is 1. The van der Waals surface area contributed by atoms with Crippen molar-refractivity contribution in [2.45, 2.75) is 38.0 Å². The Morgan fingerprint density at radius 3 is 2.30 bits per heavy atom. The van der Waals surface area contributed by atoms with Gasteiger partial charge in [-0.05, 0) is 54.7 Å². The van der Waals surface area contributed by atoms with E-state index in [1.807, 2.05) is 24.3 Å². The summed E-state index contributed by atoms with van der Waals surface area (Å²) in [5, 5.41) is 4.15. The summed E-state index contributed by atoms with van der Waals surface area (Å²) in [6.07, 6.45) is 6.87. The van der Waals surface area contributed by atoms with Crippen molar-refractivity contribution < 1.29 is 0 Å². The summed E-state index contributed by atoms with van der Waals surface area (Å²) in [6, 6.07) is 16.7. The van der Waals surface area contributed by atoms with E-state index in [1.165, 1.54) is 37.7 Å². The molecular formula is C18H20ClN. The Kier molecular flexibility index (Phi) is 4.27. The number of rotatable bonds is 3. The molecule has 1 fully saturated rings. The van der Waals surface area contributed by atoms with Crippen LogP contribution in [0.25, 0.3) is 0 Å². The molecule has 0 spiro atoms. The first kappa shape index (κ1) is 13.5. The molecule has 3 rings (SSSR count). The number of anilines is 2. The topological polar surface area (TPSA) is 12.0 Å². The van der Waals surface area contributed by atoms with Gasteiger partial charge in [-0.15, -0.1) is 0 Å². The van der Waals surface area contributed by atoms with Crippen LogP contribution in [0.2, 0.25) is 5.02 Å². The molecule has 1 N–H and O–H groups in total. The normalized spacial score (nSPS) is 16.1. The Hall–Kier alpha value is -1.47. The second-order valence-electron chi connectivity index (χ2n) is 5.59. The van der Waals surface area contributed by atoms with E-state index in [9.17, 15) is 0 Å². The lowest BCUT2D eigenvalue weighted by atomic mass is 9.84. The Bertz CT molecular complexity index is 556. The molecule has 2 heteroatoms. The first-order valence-corrected chi connectivity index (χ1v) is 7.81. The van der Waals surface area contributed by atoms with Gasteiger partial charge in [-0.3, -0.25) is 0 Å². The van der Waals surface area contributed by atoms with Crippen molar-refractivity contribution in [2.75, 3.05) is 5.32 Å². The van der Waals surface area contributed by atoms with Crippen LogP contribution in [-0.4, -0.2) is 0 Å². The van der Waals surface area contributed by atoms with Gasteiger partial charge in [-0.2, -0.15) is 0 Å². The number of benzene rings is 2. The molecule has 1 aliphatic carbocycles. The third kappa shape index (κ3) is 3.34. The monoisotopic (exact) mass is 285 g/mol. The van der Waals surface area contributed by atoms with Gasteiger partial charge in [0.2, 0.25) is 0 Å². The van der Waals surface area contributed by atoms with Gasteiger partial charge < -0.3 is 5.32 Å². The molecule has 0 atom stereocenters. The summed E-state index contributed by atoms with van der Waals surface area (Å²) < 4.78 is 0. The smallest absolute Gasteiger partial charge is 0.0426 e. The van der Waals surface area contributed by atoms with E-state index in [-0.39, 0.29) is 0 Å². The van der Waals surface area contributed by atoms with Crippen LogP contribution in [0.15, 0.2) is 48.5 Å². The van der Waals surface area contributed by atoms with Crippen LogP contribution >= 0.6 is 11.6 Å². The highest BCUT2D eigenvalue weighted by molar-refractivity contribution is 6.30. The lowest BCUT2D eigenvalue weighted by Gasteiger charge is -2.22. The molecule has 1 aliphatic rings. The summed E-state index contributed by atoms with van der Waals surface area (Å²) in [7, 11) is 0. The standard InChI is InChI=1S/C18H20ClN/c19-16-7-4-8-18(13-16)20-17-11-9-15(10-12-17)14-5-2-1-3-6-14/h4,7-14,20H,1-3,5-6H2. The molecule has 104 valence electrons. The molecule has 0 aliphatic heterocycles. The predicted molar refractivity (Wildman–Crippen MR) is 87.0 cm³/mol. The van der Waals surface area contributed by atoms with Crippen molar-refractivity contribution in [3.8, 4) is 0 Å². The van der Waals surface area contributed by atoms with Crippen molar-refractivity contribution in [1.29, 1.82) is 0 Å². The van der Waals surface area contributed by atoms with Crippen molar-refractivity contribution in [3.63, 3.8) is 0 Å². The van der Waals surface area contributed by atoms with Crippen LogP contribution in [0.1, 0.15) is 43.6 Å². The van der Waals surface area contributed by atoms with E-state index in [0.717, 1.165) is 22.3 Å². The average Bonchev–Trinajstić information content (AvgIpc) is 2.49. The zero-order chi connectivity index (χ0) is 13.8. The van der Waals surface area contributed by atoms with Crippen LogP contribution in [0.5, 0.6) is 0 Å². The molecule has 1 saturated carbocycles. The van der Waals surface area contributed by atoms with Crippen molar-refractivity contribution in [1.82, 2.24) is 0 Å². The van der Waals surface area contributed by atoms with Crippen LogP contribution in [0, 0.1) is 0 Å². The maximum Gasteiger partial charge on any atom is 0.0426 e. The molecule has 0 heterocycles. The zero-order valence-corrected chi connectivity index (χ0v) is 12.4. The Morgan fingerprint density at radius 2 is 1.60 bits per heavy atom. The molecule has 20 heavy (non-hydrogen) atoms. The molecule has 2 aromatic carbocycles. The van der Waals surface area contributed by atoms with E-state index in [4.69, 9.17) is 11.6 Å². The summed E-state index contributed by atoms with van der Waals surface area (Å²) in [4.78, 5) is 0. The maximum absolute atomic E-state index is 6.00. The lowest BCUT2D eigenvalue weighted by Crippen LogP contribution is -2.04. The summed E-state index contributed by atoms with van der Waals surface area (Å²) in [5.41, 5.74) is 3.64. The number of hydrogen-bond acceptors (Lipinski definition) is 1. The van der Waals surface area contributed by atoms with Crippen LogP contribution in [0.4, 0.5) is 11.4 Å². The van der Waals surface area contributed by atoms with Gasteiger partial charge in [-0.1, -0.05) is 49.1 Å². The maximum atomic E-state index is 6.00. The van der Waals surface area contributed by atoms with E-state index in [2.05, 4.69) is 29.6 Å². The summed E-state index contributed by atoms with van der Waals surface area (Å²) in [5.74, 6) is 0.768. The predicted octanol–water partition coefficient (Wildman–Crippen LogP) is 6.13. The van der Waals surface area contributed by atoms with Gasteiger partial charge in [-0.25, -0.2) is 0 Å². The van der Waals surface area contributed by atoms with Crippen molar-refractivity contribution in [2.24, 2.45) is 0 Å². The van der Waals surface area contributed by atoms with Crippen LogP contribution in [0.3, 0.4) is 0 Å². The number of nitrogens with one attached hydrogen (secondary N) is 1. The molecule has 0 saturated heterocycles. The van der Waals surface area contributed by atoms with Crippen LogP contribution < -0.4 is 5.32 Å². The minimum atomic E-state index is 0.758. The third-order valence-electron chi connectivity index (χ3n) is 4.10. The lowest BCUT2D eigenvalue weighted by molar-refractivity contribution is 0.443. The van der Waals surface area contributed by atoms with Crippen molar-refractivity contribution >= 4 is 23.0 Å². The Labute approximate surface area is 126 Å². The van der Waals surface area contributed by atoms with Gasteiger partial charge in [0.25, 0.3) is 0 Å². The van der Waals surface area contributed by atoms with Gasteiger partial charge in [0, 0.05) is 16.4 Å². The van der Waals surface area contributed by atoms with Crippen LogP contribution in [-0.2, 0) is 0 Å². The minimum Gasteiger partial charge on any atom is -0.355 e. The Balaban J connectivity index is 1.69. The fraction of sp³-hybridized carbons (Fsp3) is 0.333. The highest BCUT2D eigenvalue weighted by Gasteiger charge is 2.14. The second-order valence-corrected chi connectivity index (χ2v) is 6.03. The minimum absolute atomic E-state index is 0.758. The van der Waals surface area contributed by atoms with Gasteiger partial charge in [0.15, 0.2) is 0 Å². The highest BCUT2D eigenvalue weighted by atomic mass is 35.5. The molecule has 0 radical (unpaired) electrons. The van der Waals surface area contributed by atoms with E-state index >= 15 is 0 Å². The molecule has 0 bridgehead atoms. The second kappa shape index (κ2) is 6.32. The fourth-order valence-corrected chi connectivity index (χ4v) is 3.20. The molecule has 2 aromatic rings. The molecule has 0 aromatic heterocycles. The summed E-state index contributed by atoms with van der Waals surface area (Å²) >= 11 is 6.00. The first-order valence-electron chi connectivity index (χ1n) is 7.44. The molecule has 0 amide bonds. The first-order chi connectivity index (χ1) is 9.81. The average molecular weight is 286 g/mol. The zero-order valence-electron chi connectivity index (χ0n) is 11.6. The third-order valence-corrected chi connectivity index (χ3v) is 4.34. The van der Waals surface area contributed by atoms with E-state index in [1.54, 1.807) is 0 Å². The quantitative estimate of drug-likeness (QED) is 0.715. The fourth-order valence-electron chi connectivity index (χ4n) is 3.01. The van der Waals surface area contributed by atoms with Gasteiger partial charge in [0.1, 0.15) is 0 Å². The van der Waals surface area contributed by atoms with E-state index < -0.39 is 0 Å². The molecule has 1 nitrogen and oxygen atoms in total. The van der Waals surface area contributed by atoms with Crippen molar-refractivity contribution in [3.05, 3.63) is 59.1 Å². The molecular weight excluding hydrogens is 266 g/mol. The van der Waals surface area contributed by atoms with Gasteiger partial charge >= 0.3 is 0 Å². The summed E-state index contributed by atoms with van der Waals surface area (Å²) in [6.45, 7) is 0. The SMILES string of the molecule is Clc1cccc(Nc2ccc(C3CCCCC3)cc2)c1. The molecule has 0 unspecified atom stereocenters. The van der Waals surface area contributed by atoms with E-state index in [0.29, 0.717) is 0 Å². The largest absolute Gasteiger partial charge is 0.355 e.